The molecule has 0 heterocycles. The van der Waals surface area contributed by atoms with Crippen LogP contribution in [0.2, 0.25) is 0 Å². The van der Waals surface area contributed by atoms with Gasteiger partial charge in [-0.05, 0) is 45.2 Å². The molecule has 0 aromatic heterocycles. The third-order valence-electron chi connectivity index (χ3n) is 2.74. The average molecular weight is 234 g/mol. The molecule has 0 atom stereocenters. The zero-order valence-corrected chi connectivity index (χ0v) is 11.1. The number of amides is 1. The quantitative estimate of drug-likeness (QED) is 0.841. The summed E-state index contributed by atoms with van der Waals surface area (Å²) in [4.78, 5) is 11.8. The molecule has 17 heavy (non-hydrogen) atoms. The number of nitrogens with one attached hydrogen (secondary N) is 1. The van der Waals surface area contributed by atoms with Gasteiger partial charge in [0.25, 0.3) is 0 Å². The number of rotatable bonds is 4. The summed E-state index contributed by atoms with van der Waals surface area (Å²) in [5.41, 5.74) is 8.66. The number of carbonyl (C=O) groups excluding carboxylic acids is 1. The van der Waals surface area contributed by atoms with Gasteiger partial charge in [0.1, 0.15) is 0 Å². The summed E-state index contributed by atoms with van der Waals surface area (Å²) in [5.74, 6) is 0.0286. The third kappa shape index (κ3) is 4.57. The molecule has 0 saturated heterocycles. The van der Waals surface area contributed by atoms with E-state index in [1.54, 1.807) is 0 Å². The maximum absolute atomic E-state index is 11.8. The monoisotopic (exact) mass is 234 g/mol. The van der Waals surface area contributed by atoms with E-state index in [0.717, 1.165) is 16.8 Å². The highest BCUT2D eigenvalue weighted by atomic mass is 16.1. The molecule has 3 N–H and O–H groups in total. The molecule has 0 bridgehead atoms. The molecule has 94 valence electrons. The Morgan fingerprint density at radius 2 is 1.82 bits per heavy atom. The van der Waals surface area contributed by atoms with Crippen LogP contribution in [0, 0.1) is 13.8 Å². The lowest BCUT2D eigenvalue weighted by molar-refractivity contribution is -0.116. The maximum atomic E-state index is 11.8. The second-order valence-corrected chi connectivity index (χ2v) is 5.30. The zero-order chi connectivity index (χ0) is 13.1. The van der Waals surface area contributed by atoms with Crippen LogP contribution in [-0.2, 0) is 4.79 Å². The van der Waals surface area contributed by atoms with Crippen LogP contribution in [-0.4, -0.2) is 11.4 Å². The molecule has 1 amide bonds. The summed E-state index contributed by atoms with van der Waals surface area (Å²) in [6, 6.07) is 5.98. The Balaban J connectivity index is 2.63. The highest BCUT2D eigenvalue weighted by Crippen LogP contribution is 2.20. The minimum atomic E-state index is -0.294. The van der Waals surface area contributed by atoms with Gasteiger partial charge in [-0.15, -0.1) is 0 Å². The molecule has 1 rings (SSSR count). The van der Waals surface area contributed by atoms with Gasteiger partial charge in [-0.2, -0.15) is 0 Å². The molecule has 0 radical (unpaired) electrons. The van der Waals surface area contributed by atoms with Gasteiger partial charge in [-0.1, -0.05) is 18.2 Å². The molecule has 1 aromatic rings. The van der Waals surface area contributed by atoms with Gasteiger partial charge in [-0.3, -0.25) is 4.79 Å². The number of nitrogens with two attached hydrogens (primary N) is 1. The van der Waals surface area contributed by atoms with Crippen molar-refractivity contribution < 1.29 is 4.79 Å². The van der Waals surface area contributed by atoms with Gasteiger partial charge in [0.15, 0.2) is 0 Å². The molecular weight excluding hydrogens is 212 g/mol. The smallest absolute Gasteiger partial charge is 0.224 e. The average Bonchev–Trinajstić information content (AvgIpc) is 2.20. The highest BCUT2D eigenvalue weighted by molar-refractivity contribution is 5.92. The van der Waals surface area contributed by atoms with E-state index < -0.39 is 0 Å². The van der Waals surface area contributed by atoms with Crippen LogP contribution in [0.3, 0.4) is 0 Å². The first kappa shape index (κ1) is 13.7. The van der Waals surface area contributed by atoms with Crippen molar-refractivity contribution in [1.82, 2.24) is 0 Å². The normalized spacial score (nSPS) is 11.4. The minimum absolute atomic E-state index is 0.0286. The Morgan fingerprint density at radius 3 is 2.29 bits per heavy atom. The lowest BCUT2D eigenvalue weighted by atomic mass is 10.00. The molecule has 0 saturated carbocycles. The van der Waals surface area contributed by atoms with E-state index in [4.69, 9.17) is 5.73 Å². The molecule has 0 unspecified atom stereocenters. The summed E-state index contributed by atoms with van der Waals surface area (Å²) in [5, 5.41) is 2.96. The van der Waals surface area contributed by atoms with Crippen molar-refractivity contribution in [3.8, 4) is 0 Å². The fourth-order valence-corrected chi connectivity index (χ4v) is 1.65. The van der Waals surface area contributed by atoms with Crippen LogP contribution in [0.1, 0.15) is 37.8 Å². The fourth-order valence-electron chi connectivity index (χ4n) is 1.65. The van der Waals surface area contributed by atoms with Crippen molar-refractivity contribution in [2.24, 2.45) is 5.73 Å². The third-order valence-corrected chi connectivity index (χ3v) is 2.74. The molecule has 1 aromatic carbocycles. The number of hydrogen-bond acceptors (Lipinski definition) is 2. The van der Waals surface area contributed by atoms with Crippen LogP contribution in [0.25, 0.3) is 0 Å². The number of para-hydroxylation sites is 1. The van der Waals surface area contributed by atoms with E-state index in [2.05, 4.69) is 5.32 Å². The van der Waals surface area contributed by atoms with Gasteiger partial charge >= 0.3 is 0 Å². The van der Waals surface area contributed by atoms with Crippen molar-refractivity contribution >= 4 is 11.6 Å². The second-order valence-electron chi connectivity index (χ2n) is 5.30. The Kier molecular flexibility index (Phi) is 4.29. The predicted molar refractivity (Wildman–Crippen MR) is 72.0 cm³/mol. The highest BCUT2D eigenvalue weighted by Gasteiger charge is 2.14. The minimum Gasteiger partial charge on any atom is -0.326 e. The zero-order valence-electron chi connectivity index (χ0n) is 11.1. The van der Waals surface area contributed by atoms with E-state index in [1.165, 1.54) is 0 Å². The first-order valence-electron chi connectivity index (χ1n) is 5.94. The maximum Gasteiger partial charge on any atom is 0.224 e. The molecule has 0 fully saturated rings. The fraction of sp³-hybridized carbons (Fsp3) is 0.500. The van der Waals surface area contributed by atoms with Crippen molar-refractivity contribution in [3.05, 3.63) is 29.3 Å². The van der Waals surface area contributed by atoms with Crippen LogP contribution in [0.15, 0.2) is 18.2 Å². The first-order chi connectivity index (χ1) is 7.79. The number of hydrogen-bond donors (Lipinski definition) is 2. The number of aryl methyl sites for hydroxylation is 2. The Bertz CT molecular complexity index is 385. The van der Waals surface area contributed by atoms with Crippen LogP contribution >= 0.6 is 0 Å². The topological polar surface area (TPSA) is 55.1 Å². The Labute approximate surface area is 103 Å². The predicted octanol–water partition coefficient (Wildman–Crippen LogP) is 2.76. The number of benzene rings is 1. The van der Waals surface area contributed by atoms with E-state index >= 15 is 0 Å². The van der Waals surface area contributed by atoms with Crippen molar-refractivity contribution in [2.75, 3.05) is 5.32 Å². The summed E-state index contributed by atoms with van der Waals surface area (Å²) >= 11 is 0. The largest absolute Gasteiger partial charge is 0.326 e. The molecule has 0 aliphatic heterocycles. The lowest BCUT2D eigenvalue weighted by Crippen LogP contribution is -2.33. The van der Waals surface area contributed by atoms with E-state index in [-0.39, 0.29) is 11.4 Å². The van der Waals surface area contributed by atoms with E-state index in [0.29, 0.717) is 12.8 Å². The van der Waals surface area contributed by atoms with Gasteiger partial charge in [0.2, 0.25) is 5.91 Å². The van der Waals surface area contributed by atoms with Crippen molar-refractivity contribution in [2.45, 2.75) is 46.1 Å². The molecule has 3 heteroatoms. The molecule has 0 spiro atoms. The molecule has 0 aliphatic rings. The molecular formula is C14H22N2O. The van der Waals surface area contributed by atoms with Crippen molar-refractivity contribution in [3.63, 3.8) is 0 Å². The molecule has 0 aliphatic carbocycles. The van der Waals surface area contributed by atoms with Crippen molar-refractivity contribution in [1.29, 1.82) is 0 Å². The van der Waals surface area contributed by atoms with Gasteiger partial charge in [-0.25, -0.2) is 0 Å². The van der Waals surface area contributed by atoms with E-state index in [1.807, 2.05) is 45.9 Å². The summed E-state index contributed by atoms with van der Waals surface area (Å²) in [6.45, 7) is 7.85. The van der Waals surface area contributed by atoms with Gasteiger partial charge in [0.05, 0.1) is 0 Å². The standard InChI is InChI=1S/C14H22N2O/c1-10-6-5-7-11(2)13(10)16-12(17)8-9-14(3,4)15/h5-7H,8-9,15H2,1-4H3,(H,16,17). The Morgan fingerprint density at radius 1 is 1.29 bits per heavy atom. The Hall–Kier alpha value is -1.35. The summed E-state index contributed by atoms with van der Waals surface area (Å²) < 4.78 is 0. The van der Waals surface area contributed by atoms with Gasteiger partial charge < -0.3 is 11.1 Å². The SMILES string of the molecule is Cc1cccc(C)c1NC(=O)CCC(C)(C)N. The first-order valence-corrected chi connectivity index (χ1v) is 5.94. The van der Waals surface area contributed by atoms with Gasteiger partial charge in [0, 0.05) is 17.6 Å². The summed E-state index contributed by atoms with van der Waals surface area (Å²) in [6.07, 6.45) is 1.14. The number of anilines is 1. The van der Waals surface area contributed by atoms with Crippen LogP contribution < -0.4 is 11.1 Å². The second kappa shape index (κ2) is 5.32. The number of carbonyl (C=O) groups is 1. The van der Waals surface area contributed by atoms with Crippen LogP contribution in [0.4, 0.5) is 5.69 Å². The summed E-state index contributed by atoms with van der Waals surface area (Å²) in [7, 11) is 0. The lowest BCUT2D eigenvalue weighted by Gasteiger charge is -2.18. The molecule has 3 nitrogen and oxygen atoms in total. The van der Waals surface area contributed by atoms with Crippen LogP contribution in [0.5, 0.6) is 0 Å². The van der Waals surface area contributed by atoms with E-state index in [9.17, 15) is 4.79 Å².